The van der Waals surface area contributed by atoms with E-state index >= 15 is 0 Å². The standard InChI is InChI=1S/C20H36OSi3/c1-10-22(4,5)17-20(3,19-15-13-12-14-16-19)18-24(8,9)21-23(6,7)11-2/h10-16H,1-2,17-18H2,3-9H3. The van der Waals surface area contributed by atoms with Crippen LogP contribution in [0.5, 0.6) is 0 Å². The molecule has 1 nitrogen and oxygen atoms in total. The molecule has 0 aliphatic carbocycles. The molecule has 0 saturated carbocycles. The molecule has 1 aromatic carbocycles. The zero-order chi connectivity index (χ0) is 18.6. The van der Waals surface area contributed by atoms with Gasteiger partial charge in [-0.05, 0) is 49.3 Å². The zero-order valence-corrected chi connectivity index (χ0v) is 19.8. The van der Waals surface area contributed by atoms with Crippen molar-refractivity contribution in [2.75, 3.05) is 0 Å². The summed E-state index contributed by atoms with van der Waals surface area (Å²) in [6, 6.07) is 13.3. The van der Waals surface area contributed by atoms with Crippen LogP contribution in [0, 0.1) is 0 Å². The largest absolute Gasteiger partial charge is 0.453 e. The summed E-state index contributed by atoms with van der Waals surface area (Å²) in [5.41, 5.74) is 5.87. The molecule has 0 fully saturated rings. The second-order valence-corrected chi connectivity index (χ2v) is 22.2. The Kier molecular flexibility index (Phi) is 6.84. The molecule has 1 aromatic rings. The molecular formula is C20H36OSi3. The van der Waals surface area contributed by atoms with E-state index in [4.69, 9.17) is 4.12 Å². The first-order chi connectivity index (χ1) is 10.8. The van der Waals surface area contributed by atoms with Crippen molar-refractivity contribution in [1.82, 2.24) is 0 Å². The fourth-order valence-electron chi connectivity index (χ4n) is 3.91. The van der Waals surface area contributed by atoms with E-state index in [1.54, 1.807) is 0 Å². The zero-order valence-electron chi connectivity index (χ0n) is 16.8. The maximum Gasteiger partial charge on any atom is 0.197 e. The first kappa shape index (κ1) is 21.4. The van der Waals surface area contributed by atoms with Crippen LogP contribution in [0.1, 0.15) is 12.5 Å². The van der Waals surface area contributed by atoms with Crippen LogP contribution in [0.15, 0.2) is 54.9 Å². The molecule has 0 saturated heterocycles. The van der Waals surface area contributed by atoms with Crippen molar-refractivity contribution in [1.29, 1.82) is 0 Å². The van der Waals surface area contributed by atoms with E-state index < -0.39 is 24.7 Å². The van der Waals surface area contributed by atoms with E-state index in [9.17, 15) is 0 Å². The highest BCUT2D eigenvalue weighted by atomic mass is 28.4. The summed E-state index contributed by atoms with van der Waals surface area (Å²) in [7, 11) is -5.02. The third-order valence-electron chi connectivity index (χ3n) is 4.72. The smallest absolute Gasteiger partial charge is 0.197 e. The van der Waals surface area contributed by atoms with E-state index in [1.165, 1.54) is 11.6 Å². The lowest BCUT2D eigenvalue weighted by molar-refractivity contribution is 0.496. The van der Waals surface area contributed by atoms with Crippen LogP contribution in [0.2, 0.25) is 51.4 Å². The van der Waals surface area contributed by atoms with Crippen molar-refractivity contribution in [3.05, 3.63) is 60.5 Å². The molecule has 1 atom stereocenters. The summed E-state index contributed by atoms with van der Waals surface area (Å²) in [6.07, 6.45) is 0. The van der Waals surface area contributed by atoms with Gasteiger partial charge in [-0.2, -0.15) is 0 Å². The summed E-state index contributed by atoms with van der Waals surface area (Å²) in [5.74, 6) is 0. The third-order valence-corrected chi connectivity index (χ3v) is 14.4. The topological polar surface area (TPSA) is 9.23 Å². The van der Waals surface area contributed by atoms with Crippen molar-refractivity contribution in [2.24, 2.45) is 0 Å². The highest BCUT2D eigenvalue weighted by Crippen LogP contribution is 2.41. The SMILES string of the molecule is C=C[Si](C)(C)CC(C)(C[Si](C)(C)O[Si](C)(C)C=C)c1ccccc1. The van der Waals surface area contributed by atoms with Gasteiger partial charge in [-0.15, -0.1) is 18.9 Å². The molecule has 1 unspecified atom stereocenters. The van der Waals surface area contributed by atoms with E-state index in [1.807, 2.05) is 0 Å². The normalized spacial score (nSPS) is 15.6. The molecule has 0 aromatic heterocycles. The molecular weight excluding hydrogens is 340 g/mol. The van der Waals surface area contributed by atoms with Crippen molar-refractivity contribution in [2.45, 2.75) is 63.7 Å². The van der Waals surface area contributed by atoms with Crippen molar-refractivity contribution >= 4 is 24.7 Å². The van der Waals surface area contributed by atoms with Crippen LogP contribution in [-0.2, 0) is 9.53 Å². The first-order valence-electron chi connectivity index (χ1n) is 8.88. The quantitative estimate of drug-likeness (QED) is 0.445. The number of hydrogen-bond donors (Lipinski definition) is 0. The average Bonchev–Trinajstić information content (AvgIpc) is 2.46. The summed E-state index contributed by atoms with van der Waals surface area (Å²) in [4.78, 5) is 0. The fraction of sp³-hybridized carbons (Fsp3) is 0.500. The van der Waals surface area contributed by atoms with Gasteiger partial charge in [0.1, 0.15) is 0 Å². The Morgan fingerprint density at radius 3 is 1.92 bits per heavy atom. The molecule has 0 amide bonds. The average molecular weight is 377 g/mol. The van der Waals surface area contributed by atoms with Crippen molar-refractivity contribution in [3.8, 4) is 0 Å². The monoisotopic (exact) mass is 376 g/mol. The predicted molar refractivity (Wildman–Crippen MR) is 117 cm³/mol. The number of hydrogen-bond acceptors (Lipinski definition) is 1. The van der Waals surface area contributed by atoms with Gasteiger partial charge < -0.3 is 4.12 Å². The van der Waals surface area contributed by atoms with E-state index in [-0.39, 0.29) is 5.41 Å². The second-order valence-electron chi connectivity index (χ2n) is 9.14. The highest BCUT2D eigenvalue weighted by Gasteiger charge is 2.41. The summed E-state index contributed by atoms with van der Waals surface area (Å²) in [6.45, 7) is 24.6. The fourth-order valence-corrected chi connectivity index (χ4v) is 15.2. The van der Waals surface area contributed by atoms with Gasteiger partial charge >= 0.3 is 0 Å². The number of benzene rings is 1. The Morgan fingerprint density at radius 1 is 0.917 bits per heavy atom. The van der Waals surface area contributed by atoms with E-state index in [0.717, 1.165) is 6.04 Å². The minimum atomic E-state index is -1.81. The second kappa shape index (κ2) is 7.68. The van der Waals surface area contributed by atoms with Crippen LogP contribution in [0.4, 0.5) is 0 Å². The molecule has 0 heterocycles. The molecule has 0 aliphatic heterocycles. The maximum atomic E-state index is 6.69. The Hall–Kier alpha value is -0.689. The first-order valence-corrected chi connectivity index (χ1v) is 18.3. The van der Waals surface area contributed by atoms with Crippen LogP contribution >= 0.6 is 0 Å². The minimum Gasteiger partial charge on any atom is -0.453 e. The Balaban J connectivity index is 3.19. The molecule has 0 N–H and O–H groups in total. The Bertz CT molecular complexity index is 564. The molecule has 4 heteroatoms. The molecule has 0 spiro atoms. The maximum absolute atomic E-state index is 6.69. The summed E-state index contributed by atoms with van der Waals surface area (Å²) in [5, 5.41) is 0. The van der Waals surface area contributed by atoms with Gasteiger partial charge in [-0.3, -0.25) is 0 Å². The molecule has 134 valence electrons. The molecule has 24 heavy (non-hydrogen) atoms. The van der Waals surface area contributed by atoms with Gasteiger partial charge in [-0.25, -0.2) is 0 Å². The molecule has 1 rings (SSSR count). The predicted octanol–water partition coefficient (Wildman–Crippen LogP) is 6.53. The summed E-state index contributed by atoms with van der Waals surface area (Å²) < 4.78 is 6.69. The van der Waals surface area contributed by atoms with Crippen LogP contribution in [0.3, 0.4) is 0 Å². The lowest BCUT2D eigenvalue weighted by atomic mass is 9.86. The van der Waals surface area contributed by atoms with Gasteiger partial charge in [0.2, 0.25) is 0 Å². The Labute approximate surface area is 153 Å². The van der Waals surface area contributed by atoms with E-state index in [2.05, 4.69) is 101 Å². The molecule has 0 radical (unpaired) electrons. The third kappa shape index (κ3) is 6.32. The van der Waals surface area contributed by atoms with Gasteiger partial charge in [-0.1, -0.05) is 56.0 Å². The van der Waals surface area contributed by atoms with Gasteiger partial charge in [0.25, 0.3) is 0 Å². The van der Waals surface area contributed by atoms with Crippen LogP contribution < -0.4 is 0 Å². The van der Waals surface area contributed by atoms with E-state index in [0.29, 0.717) is 0 Å². The summed E-state index contributed by atoms with van der Waals surface area (Å²) >= 11 is 0. The Morgan fingerprint density at radius 2 is 1.46 bits per heavy atom. The number of rotatable bonds is 9. The van der Waals surface area contributed by atoms with Crippen molar-refractivity contribution in [3.63, 3.8) is 0 Å². The van der Waals surface area contributed by atoms with Gasteiger partial charge in [0, 0.05) is 0 Å². The minimum absolute atomic E-state index is 0.145. The van der Waals surface area contributed by atoms with Crippen molar-refractivity contribution < 1.29 is 4.12 Å². The lowest BCUT2D eigenvalue weighted by Gasteiger charge is -2.42. The molecule has 0 aliphatic rings. The lowest BCUT2D eigenvalue weighted by Crippen LogP contribution is -2.48. The highest BCUT2D eigenvalue weighted by molar-refractivity contribution is 6.87. The molecule has 0 bridgehead atoms. The van der Waals surface area contributed by atoms with Gasteiger partial charge in [0.05, 0.1) is 8.07 Å². The van der Waals surface area contributed by atoms with Crippen LogP contribution in [-0.4, -0.2) is 24.7 Å². The van der Waals surface area contributed by atoms with Gasteiger partial charge in [0.15, 0.2) is 16.6 Å². The van der Waals surface area contributed by atoms with Crippen LogP contribution in [0.25, 0.3) is 0 Å².